The van der Waals surface area contributed by atoms with Crippen LogP contribution in [0.5, 0.6) is 17.2 Å². The van der Waals surface area contributed by atoms with Gasteiger partial charge < -0.3 is 19.7 Å². The van der Waals surface area contributed by atoms with Crippen LogP contribution in [0, 0.1) is 0 Å². The van der Waals surface area contributed by atoms with Gasteiger partial charge in [-0.15, -0.1) is 0 Å². The number of benzene rings is 2. The van der Waals surface area contributed by atoms with Crippen molar-refractivity contribution in [2.45, 2.75) is 13.0 Å². The van der Waals surface area contributed by atoms with E-state index in [0.717, 1.165) is 5.56 Å². The first-order chi connectivity index (χ1) is 9.22. The Morgan fingerprint density at radius 1 is 1.00 bits per heavy atom. The maximum atomic E-state index is 10.6. The Hall–Kier alpha value is -2.49. The molecule has 2 aromatic carbocycles. The fourth-order valence-electron chi connectivity index (χ4n) is 1.78. The molecule has 0 aromatic heterocycles. The molecule has 98 valence electrons. The predicted molar refractivity (Wildman–Crippen MR) is 70.3 cm³/mol. The second-order valence-corrected chi connectivity index (χ2v) is 4.06. The molecule has 0 saturated heterocycles. The van der Waals surface area contributed by atoms with Gasteiger partial charge in [0, 0.05) is 12.0 Å². The SMILES string of the molecule is O=CCc1c(O)ccc(O)c1OCc1ccccc1. The normalized spacial score (nSPS) is 10.1. The van der Waals surface area contributed by atoms with E-state index in [9.17, 15) is 15.0 Å². The Bertz CT molecular complexity index is 564. The molecule has 0 spiro atoms. The van der Waals surface area contributed by atoms with Crippen LogP contribution < -0.4 is 4.74 Å². The van der Waals surface area contributed by atoms with Gasteiger partial charge in [-0.2, -0.15) is 0 Å². The first kappa shape index (κ1) is 13.0. The lowest BCUT2D eigenvalue weighted by molar-refractivity contribution is -0.107. The molecule has 0 atom stereocenters. The van der Waals surface area contributed by atoms with Gasteiger partial charge in [-0.3, -0.25) is 0 Å². The zero-order valence-electron chi connectivity index (χ0n) is 10.2. The van der Waals surface area contributed by atoms with E-state index < -0.39 is 0 Å². The third kappa shape index (κ3) is 3.04. The number of carbonyl (C=O) groups excluding carboxylic acids is 1. The first-order valence-electron chi connectivity index (χ1n) is 5.86. The number of rotatable bonds is 5. The van der Waals surface area contributed by atoms with Gasteiger partial charge in [0.15, 0.2) is 11.5 Å². The molecule has 2 aromatic rings. The zero-order valence-corrected chi connectivity index (χ0v) is 10.2. The van der Waals surface area contributed by atoms with Crippen molar-refractivity contribution in [3.63, 3.8) is 0 Å². The van der Waals surface area contributed by atoms with Gasteiger partial charge in [0.25, 0.3) is 0 Å². The second-order valence-electron chi connectivity index (χ2n) is 4.06. The van der Waals surface area contributed by atoms with Crippen molar-refractivity contribution in [2.75, 3.05) is 0 Å². The van der Waals surface area contributed by atoms with Gasteiger partial charge in [0.2, 0.25) is 0 Å². The lowest BCUT2D eigenvalue weighted by atomic mass is 10.1. The highest BCUT2D eigenvalue weighted by Gasteiger charge is 2.14. The summed E-state index contributed by atoms with van der Waals surface area (Å²) in [5, 5.41) is 19.5. The molecule has 0 radical (unpaired) electrons. The van der Waals surface area contributed by atoms with Crippen LogP contribution in [0.1, 0.15) is 11.1 Å². The average molecular weight is 258 g/mol. The minimum atomic E-state index is -0.0921. The molecule has 0 aliphatic rings. The summed E-state index contributed by atoms with van der Waals surface area (Å²) in [6, 6.07) is 12.1. The van der Waals surface area contributed by atoms with Crippen LogP contribution in [0.25, 0.3) is 0 Å². The van der Waals surface area contributed by atoms with Crippen molar-refractivity contribution >= 4 is 6.29 Å². The Kier molecular flexibility index (Phi) is 4.03. The molecule has 0 aliphatic carbocycles. The van der Waals surface area contributed by atoms with E-state index in [-0.39, 0.29) is 30.3 Å². The smallest absolute Gasteiger partial charge is 0.168 e. The Balaban J connectivity index is 2.23. The van der Waals surface area contributed by atoms with Gasteiger partial charge in [-0.25, -0.2) is 0 Å². The number of aromatic hydroxyl groups is 2. The summed E-state index contributed by atoms with van der Waals surface area (Å²) in [5.74, 6) is -0.00510. The van der Waals surface area contributed by atoms with Crippen molar-refractivity contribution in [3.8, 4) is 17.2 Å². The minimum absolute atomic E-state index is 0.00957. The highest BCUT2D eigenvalue weighted by Crippen LogP contribution is 2.36. The summed E-state index contributed by atoms with van der Waals surface area (Å²) >= 11 is 0. The highest BCUT2D eigenvalue weighted by molar-refractivity contribution is 5.63. The standard InChI is InChI=1S/C15H14O4/c16-9-8-12-13(17)6-7-14(18)15(12)19-10-11-4-2-1-3-5-11/h1-7,9,17-18H,8,10H2. The molecule has 0 unspecified atom stereocenters. The van der Waals surface area contributed by atoms with Crippen LogP contribution in [0.3, 0.4) is 0 Å². The summed E-state index contributed by atoms with van der Waals surface area (Å²) in [4.78, 5) is 10.6. The summed E-state index contributed by atoms with van der Waals surface area (Å²) in [5.41, 5.74) is 1.23. The molecular weight excluding hydrogens is 244 g/mol. The Morgan fingerprint density at radius 3 is 2.37 bits per heavy atom. The molecule has 0 aliphatic heterocycles. The highest BCUT2D eigenvalue weighted by atomic mass is 16.5. The van der Waals surface area contributed by atoms with E-state index in [1.54, 1.807) is 0 Å². The Morgan fingerprint density at radius 2 is 1.68 bits per heavy atom. The van der Waals surface area contributed by atoms with Crippen molar-refractivity contribution in [1.82, 2.24) is 0 Å². The molecule has 0 heterocycles. The number of aldehydes is 1. The number of hydrogen-bond donors (Lipinski definition) is 2. The largest absolute Gasteiger partial charge is 0.508 e. The van der Waals surface area contributed by atoms with Crippen LogP contribution in [-0.2, 0) is 17.8 Å². The van der Waals surface area contributed by atoms with Crippen LogP contribution in [0.2, 0.25) is 0 Å². The molecule has 0 bridgehead atoms. The molecular formula is C15H14O4. The number of phenols is 2. The quantitative estimate of drug-likeness (QED) is 0.638. The summed E-state index contributed by atoms with van der Waals surface area (Å²) in [6.07, 6.45) is 0.647. The zero-order chi connectivity index (χ0) is 13.7. The van der Waals surface area contributed by atoms with Crippen LogP contribution in [-0.4, -0.2) is 16.5 Å². The molecule has 0 saturated carbocycles. The molecule has 0 fully saturated rings. The lowest BCUT2D eigenvalue weighted by Crippen LogP contribution is -2.00. The minimum Gasteiger partial charge on any atom is -0.508 e. The Labute approximate surface area is 110 Å². The monoisotopic (exact) mass is 258 g/mol. The summed E-state index contributed by atoms with van der Waals surface area (Å²) < 4.78 is 5.52. The van der Waals surface area contributed by atoms with E-state index in [0.29, 0.717) is 11.8 Å². The second kappa shape index (κ2) is 5.91. The van der Waals surface area contributed by atoms with Gasteiger partial charge in [-0.05, 0) is 17.7 Å². The van der Waals surface area contributed by atoms with Gasteiger partial charge in [0.05, 0.1) is 0 Å². The number of phenolic OH excluding ortho intramolecular Hbond substituents is 2. The third-order valence-corrected chi connectivity index (χ3v) is 2.73. The van der Waals surface area contributed by atoms with Crippen LogP contribution in [0.15, 0.2) is 42.5 Å². The predicted octanol–water partition coefficient (Wildman–Crippen LogP) is 2.42. The van der Waals surface area contributed by atoms with Crippen molar-refractivity contribution < 1.29 is 19.7 Å². The molecule has 0 amide bonds. The maximum Gasteiger partial charge on any atom is 0.168 e. The number of ether oxygens (including phenoxy) is 1. The molecule has 4 nitrogen and oxygen atoms in total. The van der Waals surface area contributed by atoms with Crippen LogP contribution in [0.4, 0.5) is 0 Å². The number of hydrogen-bond acceptors (Lipinski definition) is 4. The fourth-order valence-corrected chi connectivity index (χ4v) is 1.78. The average Bonchev–Trinajstić information content (AvgIpc) is 2.43. The molecule has 19 heavy (non-hydrogen) atoms. The maximum absolute atomic E-state index is 10.6. The van der Waals surface area contributed by atoms with E-state index in [1.165, 1.54) is 12.1 Å². The molecule has 2 rings (SSSR count). The topological polar surface area (TPSA) is 66.8 Å². The van der Waals surface area contributed by atoms with E-state index in [4.69, 9.17) is 4.74 Å². The van der Waals surface area contributed by atoms with Crippen molar-refractivity contribution in [1.29, 1.82) is 0 Å². The third-order valence-electron chi connectivity index (χ3n) is 2.73. The lowest BCUT2D eigenvalue weighted by Gasteiger charge is -2.13. The first-order valence-corrected chi connectivity index (χ1v) is 5.86. The van der Waals surface area contributed by atoms with E-state index >= 15 is 0 Å². The summed E-state index contributed by atoms with van der Waals surface area (Å²) in [6.45, 7) is 0.254. The van der Waals surface area contributed by atoms with E-state index in [1.807, 2.05) is 30.3 Å². The van der Waals surface area contributed by atoms with Gasteiger partial charge >= 0.3 is 0 Å². The van der Waals surface area contributed by atoms with Crippen LogP contribution >= 0.6 is 0 Å². The van der Waals surface area contributed by atoms with Gasteiger partial charge in [-0.1, -0.05) is 30.3 Å². The van der Waals surface area contributed by atoms with E-state index in [2.05, 4.69) is 0 Å². The molecule has 2 N–H and O–H groups in total. The van der Waals surface area contributed by atoms with Gasteiger partial charge in [0.1, 0.15) is 18.6 Å². The van der Waals surface area contributed by atoms with Crippen molar-refractivity contribution in [3.05, 3.63) is 53.6 Å². The summed E-state index contributed by atoms with van der Waals surface area (Å²) in [7, 11) is 0. The number of carbonyl (C=O) groups is 1. The molecule has 4 heteroatoms. The fraction of sp³-hybridized carbons (Fsp3) is 0.133. The van der Waals surface area contributed by atoms with Crippen molar-refractivity contribution in [2.24, 2.45) is 0 Å².